The van der Waals surface area contributed by atoms with E-state index in [0.29, 0.717) is 12.2 Å². The zero-order valence-corrected chi connectivity index (χ0v) is 14.3. The monoisotopic (exact) mass is 299 g/mol. The number of hydrogen-bond donors (Lipinski definition) is 0. The third kappa shape index (κ3) is 3.56. The molecule has 0 fully saturated rings. The molecule has 1 amide bonds. The van der Waals surface area contributed by atoms with Crippen LogP contribution in [0.15, 0.2) is 30.3 Å². The van der Waals surface area contributed by atoms with Crippen LogP contribution in [-0.2, 0) is 19.0 Å². The van der Waals surface area contributed by atoms with Gasteiger partial charge in [-0.2, -0.15) is 5.10 Å². The molecule has 118 valence electrons. The fraction of sp³-hybridized carbons (Fsp3) is 0.444. The molecule has 4 nitrogen and oxygen atoms in total. The van der Waals surface area contributed by atoms with Crippen molar-refractivity contribution in [2.24, 2.45) is 7.05 Å². The molecule has 0 radical (unpaired) electrons. The maximum absolute atomic E-state index is 12.6. The lowest BCUT2D eigenvalue weighted by atomic mass is 9.92. The second kappa shape index (κ2) is 5.95. The Morgan fingerprint density at radius 3 is 2.32 bits per heavy atom. The van der Waals surface area contributed by atoms with Gasteiger partial charge >= 0.3 is 0 Å². The smallest absolute Gasteiger partial charge is 0.272 e. The van der Waals surface area contributed by atoms with Crippen LogP contribution in [0.5, 0.6) is 0 Å². The fourth-order valence-corrected chi connectivity index (χ4v) is 2.27. The van der Waals surface area contributed by atoms with Crippen LogP contribution in [-0.4, -0.2) is 27.6 Å². The number of carbonyl (C=O) groups excluding carboxylic acids is 1. The molecule has 0 aliphatic carbocycles. The largest absolute Gasteiger partial charge is 0.336 e. The standard InChI is InChI=1S/C18H25N3O/c1-13-7-9-14(10-8-13)12-20(5)17(22)15-11-16(18(2,3)4)19-21(15)6/h7-11H,12H2,1-6H3. The molecular formula is C18H25N3O. The molecule has 0 aliphatic heterocycles. The average Bonchev–Trinajstić information content (AvgIpc) is 2.82. The molecule has 2 rings (SSSR count). The summed E-state index contributed by atoms with van der Waals surface area (Å²) in [5.74, 6) is -0.00826. The highest BCUT2D eigenvalue weighted by Gasteiger charge is 2.23. The van der Waals surface area contributed by atoms with Gasteiger partial charge in [-0.25, -0.2) is 0 Å². The van der Waals surface area contributed by atoms with Gasteiger partial charge in [-0.15, -0.1) is 0 Å². The zero-order valence-electron chi connectivity index (χ0n) is 14.3. The summed E-state index contributed by atoms with van der Waals surface area (Å²) >= 11 is 0. The first-order valence-corrected chi connectivity index (χ1v) is 7.54. The Morgan fingerprint density at radius 2 is 1.82 bits per heavy atom. The summed E-state index contributed by atoms with van der Waals surface area (Å²) in [5, 5.41) is 4.47. The van der Waals surface area contributed by atoms with Crippen molar-refractivity contribution in [1.29, 1.82) is 0 Å². The lowest BCUT2D eigenvalue weighted by molar-refractivity contribution is 0.0774. The summed E-state index contributed by atoms with van der Waals surface area (Å²) in [6.07, 6.45) is 0. The maximum atomic E-state index is 12.6. The highest BCUT2D eigenvalue weighted by Crippen LogP contribution is 2.22. The second-order valence-electron chi connectivity index (χ2n) is 6.94. The fourth-order valence-electron chi connectivity index (χ4n) is 2.27. The highest BCUT2D eigenvalue weighted by molar-refractivity contribution is 5.92. The first kappa shape index (κ1) is 16.3. The van der Waals surface area contributed by atoms with Gasteiger partial charge in [-0.05, 0) is 18.6 Å². The van der Waals surface area contributed by atoms with Gasteiger partial charge in [0.2, 0.25) is 0 Å². The number of carbonyl (C=O) groups is 1. The molecule has 1 heterocycles. The number of amides is 1. The van der Waals surface area contributed by atoms with E-state index in [1.165, 1.54) is 5.56 Å². The Bertz CT molecular complexity index is 663. The lowest BCUT2D eigenvalue weighted by Gasteiger charge is -2.17. The number of rotatable bonds is 3. The van der Waals surface area contributed by atoms with Crippen LogP contribution in [0.1, 0.15) is 48.1 Å². The minimum absolute atomic E-state index is 0.00826. The van der Waals surface area contributed by atoms with Crippen LogP contribution in [0.2, 0.25) is 0 Å². The van der Waals surface area contributed by atoms with Crippen molar-refractivity contribution in [2.75, 3.05) is 7.05 Å². The average molecular weight is 299 g/mol. The summed E-state index contributed by atoms with van der Waals surface area (Å²) in [4.78, 5) is 14.4. The summed E-state index contributed by atoms with van der Waals surface area (Å²) in [6, 6.07) is 10.1. The third-order valence-electron chi connectivity index (χ3n) is 3.75. The minimum Gasteiger partial charge on any atom is -0.336 e. The molecule has 0 spiro atoms. The van der Waals surface area contributed by atoms with E-state index in [9.17, 15) is 4.79 Å². The number of aromatic nitrogens is 2. The molecular weight excluding hydrogens is 274 g/mol. The van der Waals surface area contributed by atoms with Gasteiger partial charge in [0.15, 0.2) is 0 Å². The van der Waals surface area contributed by atoms with Crippen molar-refractivity contribution in [3.8, 4) is 0 Å². The minimum atomic E-state index is -0.0637. The van der Waals surface area contributed by atoms with Gasteiger partial charge < -0.3 is 4.90 Å². The molecule has 2 aromatic rings. The third-order valence-corrected chi connectivity index (χ3v) is 3.75. The molecule has 0 N–H and O–H groups in total. The Balaban J connectivity index is 2.17. The van der Waals surface area contributed by atoms with E-state index in [1.807, 2.05) is 20.2 Å². The molecule has 0 bridgehead atoms. The zero-order chi connectivity index (χ0) is 16.5. The van der Waals surface area contributed by atoms with E-state index in [2.05, 4.69) is 57.1 Å². The summed E-state index contributed by atoms with van der Waals surface area (Å²) < 4.78 is 1.68. The van der Waals surface area contributed by atoms with Crippen LogP contribution < -0.4 is 0 Å². The SMILES string of the molecule is Cc1ccc(CN(C)C(=O)c2cc(C(C)(C)C)nn2C)cc1. The number of benzene rings is 1. The van der Waals surface area contributed by atoms with E-state index < -0.39 is 0 Å². The number of nitrogens with zero attached hydrogens (tertiary/aromatic N) is 3. The van der Waals surface area contributed by atoms with Crippen molar-refractivity contribution in [3.05, 3.63) is 52.8 Å². The first-order valence-electron chi connectivity index (χ1n) is 7.54. The van der Waals surface area contributed by atoms with E-state index in [-0.39, 0.29) is 11.3 Å². The maximum Gasteiger partial charge on any atom is 0.272 e. The highest BCUT2D eigenvalue weighted by atomic mass is 16.2. The molecule has 1 aromatic carbocycles. The van der Waals surface area contributed by atoms with Gasteiger partial charge in [-0.1, -0.05) is 50.6 Å². The molecule has 4 heteroatoms. The van der Waals surface area contributed by atoms with E-state index in [1.54, 1.807) is 9.58 Å². The van der Waals surface area contributed by atoms with Crippen LogP contribution in [0.3, 0.4) is 0 Å². The predicted molar refractivity (Wildman–Crippen MR) is 88.9 cm³/mol. The van der Waals surface area contributed by atoms with Crippen molar-refractivity contribution < 1.29 is 4.79 Å². The van der Waals surface area contributed by atoms with E-state index >= 15 is 0 Å². The van der Waals surface area contributed by atoms with Gasteiger partial charge in [0, 0.05) is 26.1 Å². The Kier molecular flexibility index (Phi) is 4.40. The number of aryl methyl sites for hydroxylation is 2. The topological polar surface area (TPSA) is 38.1 Å². The van der Waals surface area contributed by atoms with Crippen molar-refractivity contribution >= 4 is 5.91 Å². The second-order valence-corrected chi connectivity index (χ2v) is 6.94. The molecule has 0 unspecified atom stereocenters. The molecule has 22 heavy (non-hydrogen) atoms. The molecule has 0 aliphatic rings. The normalized spacial score (nSPS) is 11.5. The van der Waals surface area contributed by atoms with Gasteiger partial charge in [-0.3, -0.25) is 9.48 Å². The van der Waals surface area contributed by atoms with Crippen LogP contribution in [0.4, 0.5) is 0 Å². The van der Waals surface area contributed by atoms with Gasteiger partial charge in [0.05, 0.1) is 5.69 Å². The summed E-state index contributed by atoms with van der Waals surface area (Å²) in [7, 11) is 3.65. The number of hydrogen-bond acceptors (Lipinski definition) is 2. The molecule has 1 aromatic heterocycles. The van der Waals surface area contributed by atoms with Gasteiger partial charge in [0.1, 0.15) is 5.69 Å². The Hall–Kier alpha value is -2.10. The summed E-state index contributed by atoms with van der Waals surface area (Å²) in [6.45, 7) is 8.94. The van der Waals surface area contributed by atoms with E-state index in [0.717, 1.165) is 11.3 Å². The van der Waals surface area contributed by atoms with Crippen LogP contribution in [0, 0.1) is 6.92 Å². The Morgan fingerprint density at radius 1 is 1.23 bits per heavy atom. The van der Waals surface area contributed by atoms with Gasteiger partial charge in [0.25, 0.3) is 5.91 Å². The predicted octanol–water partition coefficient (Wildman–Crippen LogP) is 3.30. The lowest BCUT2D eigenvalue weighted by Crippen LogP contribution is -2.28. The van der Waals surface area contributed by atoms with Crippen LogP contribution in [0.25, 0.3) is 0 Å². The van der Waals surface area contributed by atoms with Crippen molar-refractivity contribution in [1.82, 2.24) is 14.7 Å². The summed E-state index contributed by atoms with van der Waals surface area (Å²) in [5.41, 5.74) is 3.84. The molecule has 0 atom stereocenters. The van der Waals surface area contributed by atoms with Crippen LogP contribution >= 0.6 is 0 Å². The van der Waals surface area contributed by atoms with Crippen molar-refractivity contribution in [2.45, 2.75) is 39.7 Å². The Labute approximate surface area is 132 Å². The van der Waals surface area contributed by atoms with E-state index in [4.69, 9.17) is 0 Å². The first-order chi connectivity index (χ1) is 10.2. The molecule has 0 saturated carbocycles. The van der Waals surface area contributed by atoms with Crippen molar-refractivity contribution in [3.63, 3.8) is 0 Å². The molecule has 0 saturated heterocycles. The quantitative estimate of drug-likeness (QED) is 0.872.